The van der Waals surface area contributed by atoms with Gasteiger partial charge in [0.25, 0.3) is 0 Å². The molecule has 86 valence electrons. The molecule has 0 radical (unpaired) electrons. The smallest absolute Gasteiger partial charge is 0.327 e. The molecule has 1 atom stereocenters. The highest BCUT2D eigenvalue weighted by Gasteiger charge is 2.22. The number of amides is 1. The minimum Gasteiger partial charge on any atom is -0.480 e. The number of hydrogen-bond acceptors (Lipinski definition) is 3. The number of thiol groups is 1. The molecule has 15 heavy (non-hydrogen) atoms. The first-order valence-electron chi connectivity index (χ1n) is 5.26. The van der Waals surface area contributed by atoms with Gasteiger partial charge in [0.2, 0.25) is 5.91 Å². The number of carboxylic acid groups (broad SMARTS) is 1. The third kappa shape index (κ3) is 4.11. The van der Waals surface area contributed by atoms with Gasteiger partial charge in [0.05, 0.1) is 0 Å². The molecule has 0 aromatic rings. The Hall–Kier alpha value is -0.710. The molecule has 1 fully saturated rings. The lowest BCUT2D eigenvalue weighted by molar-refractivity contribution is -0.141. The summed E-state index contributed by atoms with van der Waals surface area (Å²) in [5.74, 6) is -0.612. The summed E-state index contributed by atoms with van der Waals surface area (Å²) in [6, 6.07) is -0.859. The Morgan fingerprint density at radius 2 is 2.00 bits per heavy atom. The summed E-state index contributed by atoms with van der Waals surface area (Å²) in [6.07, 6.45) is 5.01. The topological polar surface area (TPSA) is 66.4 Å². The van der Waals surface area contributed by atoms with Gasteiger partial charge in [-0.15, -0.1) is 0 Å². The first kappa shape index (κ1) is 12.4. The number of carbonyl (C=O) groups is 2. The van der Waals surface area contributed by atoms with Crippen LogP contribution in [0.2, 0.25) is 0 Å². The molecule has 2 N–H and O–H groups in total. The van der Waals surface area contributed by atoms with Gasteiger partial charge >= 0.3 is 5.97 Å². The van der Waals surface area contributed by atoms with Crippen LogP contribution in [0.5, 0.6) is 0 Å². The fraction of sp³-hybridized carbons (Fsp3) is 0.800. The highest BCUT2D eigenvalue weighted by molar-refractivity contribution is 7.80. The number of carbonyl (C=O) groups excluding carboxylic acids is 1. The third-order valence-corrected chi connectivity index (χ3v) is 3.13. The zero-order valence-electron chi connectivity index (χ0n) is 8.61. The zero-order valence-corrected chi connectivity index (χ0v) is 9.50. The molecule has 5 heteroatoms. The normalized spacial score (nSPS) is 18.7. The Kier molecular flexibility index (Phi) is 4.94. The Morgan fingerprint density at radius 3 is 2.47 bits per heavy atom. The van der Waals surface area contributed by atoms with Gasteiger partial charge in [-0.3, -0.25) is 4.79 Å². The number of nitrogens with one attached hydrogen (secondary N) is 1. The van der Waals surface area contributed by atoms with E-state index in [1.54, 1.807) is 0 Å². The van der Waals surface area contributed by atoms with Crippen LogP contribution in [0.15, 0.2) is 0 Å². The second-order valence-corrected chi connectivity index (χ2v) is 4.36. The molecule has 0 aliphatic heterocycles. The Morgan fingerprint density at radius 1 is 1.40 bits per heavy atom. The van der Waals surface area contributed by atoms with Gasteiger partial charge in [-0.1, -0.05) is 12.8 Å². The Bertz CT molecular complexity index is 239. The molecule has 1 rings (SSSR count). The van der Waals surface area contributed by atoms with Crippen LogP contribution >= 0.6 is 12.6 Å². The quantitative estimate of drug-likeness (QED) is 0.620. The SMILES string of the molecule is O=C(CC1CCCC1)NC(CS)C(=O)O. The molecule has 1 aliphatic rings. The van der Waals surface area contributed by atoms with Crippen LogP contribution in [0.3, 0.4) is 0 Å². The molecule has 4 nitrogen and oxygen atoms in total. The number of carboxylic acids is 1. The minimum atomic E-state index is -1.02. The molecular weight excluding hydrogens is 214 g/mol. The lowest BCUT2D eigenvalue weighted by atomic mass is 10.0. The van der Waals surface area contributed by atoms with Crippen LogP contribution in [0.1, 0.15) is 32.1 Å². The third-order valence-electron chi connectivity index (χ3n) is 2.76. The molecule has 1 unspecified atom stereocenters. The summed E-state index contributed by atoms with van der Waals surface area (Å²) in [4.78, 5) is 22.1. The van der Waals surface area contributed by atoms with E-state index in [0.29, 0.717) is 12.3 Å². The van der Waals surface area contributed by atoms with Crippen molar-refractivity contribution < 1.29 is 14.7 Å². The van der Waals surface area contributed by atoms with E-state index in [-0.39, 0.29) is 11.7 Å². The minimum absolute atomic E-state index is 0.131. The second kappa shape index (κ2) is 6.00. The summed E-state index contributed by atoms with van der Waals surface area (Å²) in [7, 11) is 0. The fourth-order valence-corrected chi connectivity index (χ4v) is 2.16. The lowest BCUT2D eigenvalue weighted by Gasteiger charge is -2.13. The van der Waals surface area contributed by atoms with Crippen molar-refractivity contribution in [2.75, 3.05) is 5.75 Å². The summed E-state index contributed by atoms with van der Waals surface area (Å²) in [5, 5.41) is 11.2. The van der Waals surface area contributed by atoms with Crippen LogP contribution in [0.4, 0.5) is 0 Å². The average molecular weight is 231 g/mol. The van der Waals surface area contributed by atoms with E-state index in [1.165, 1.54) is 12.8 Å². The van der Waals surface area contributed by atoms with Gasteiger partial charge in [-0.2, -0.15) is 12.6 Å². The van der Waals surface area contributed by atoms with E-state index in [4.69, 9.17) is 5.11 Å². The van der Waals surface area contributed by atoms with Gasteiger partial charge < -0.3 is 10.4 Å². The molecule has 0 aromatic carbocycles. The van der Waals surface area contributed by atoms with Crippen molar-refractivity contribution in [1.29, 1.82) is 0 Å². The van der Waals surface area contributed by atoms with E-state index in [0.717, 1.165) is 12.8 Å². The highest BCUT2D eigenvalue weighted by atomic mass is 32.1. The fourth-order valence-electron chi connectivity index (χ4n) is 1.92. The predicted molar refractivity (Wildman–Crippen MR) is 60.0 cm³/mol. The van der Waals surface area contributed by atoms with Crippen molar-refractivity contribution in [2.45, 2.75) is 38.1 Å². The van der Waals surface area contributed by atoms with Gasteiger partial charge in [-0.05, 0) is 18.8 Å². The maximum Gasteiger partial charge on any atom is 0.327 e. The molecule has 0 bridgehead atoms. The average Bonchev–Trinajstić information content (AvgIpc) is 2.66. The molecule has 0 saturated heterocycles. The van der Waals surface area contributed by atoms with Crippen LogP contribution in [-0.2, 0) is 9.59 Å². The zero-order chi connectivity index (χ0) is 11.3. The van der Waals surface area contributed by atoms with E-state index in [1.807, 2.05) is 0 Å². The second-order valence-electron chi connectivity index (χ2n) is 4.00. The summed E-state index contributed by atoms with van der Waals surface area (Å²) in [6.45, 7) is 0. The highest BCUT2D eigenvalue weighted by Crippen LogP contribution is 2.27. The molecular formula is C10H17NO3S. The number of hydrogen-bond donors (Lipinski definition) is 3. The van der Waals surface area contributed by atoms with Crippen LogP contribution in [-0.4, -0.2) is 28.8 Å². The molecule has 1 aliphatic carbocycles. The largest absolute Gasteiger partial charge is 0.480 e. The molecule has 0 heterocycles. The van der Waals surface area contributed by atoms with Crippen LogP contribution in [0.25, 0.3) is 0 Å². The molecule has 0 aromatic heterocycles. The van der Waals surface area contributed by atoms with Crippen molar-refractivity contribution in [3.8, 4) is 0 Å². The molecule has 1 amide bonds. The Balaban J connectivity index is 2.30. The number of rotatable bonds is 5. The van der Waals surface area contributed by atoms with Crippen molar-refractivity contribution >= 4 is 24.5 Å². The summed E-state index contributed by atoms with van der Waals surface area (Å²) < 4.78 is 0. The maximum atomic E-state index is 11.5. The van der Waals surface area contributed by atoms with E-state index in [2.05, 4.69) is 17.9 Å². The van der Waals surface area contributed by atoms with Crippen molar-refractivity contribution in [3.05, 3.63) is 0 Å². The molecule has 1 saturated carbocycles. The Labute approximate surface area is 94.8 Å². The first-order valence-corrected chi connectivity index (χ1v) is 5.89. The van der Waals surface area contributed by atoms with E-state index < -0.39 is 12.0 Å². The maximum absolute atomic E-state index is 11.5. The standard InChI is InChI=1S/C10H17NO3S/c12-9(5-7-3-1-2-4-7)11-8(6-15)10(13)14/h7-8,15H,1-6H2,(H,11,12)(H,13,14). The summed E-state index contributed by atoms with van der Waals surface area (Å²) in [5.41, 5.74) is 0. The number of aliphatic carboxylic acids is 1. The van der Waals surface area contributed by atoms with Gasteiger partial charge in [0, 0.05) is 12.2 Å². The van der Waals surface area contributed by atoms with Crippen molar-refractivity contribution in [2.24, 2.45) is 5.92 Å². The summed E-state index contributed by atoms with van der Waals surface area (Å²) >= 11 is 3.88. The molecule has 0 spiro atoms. The van der Waals surface area contributed by atoms with Crippen molar-refractivity contribution in [3.63, 3.8) is 0 Å². The van der Waals surface area contributed by atoms with Crippen LogP contribution in [0, 0.1) is 5.92 Å². The first-order chi connectivity index (χ1) is 7.13. The van der Waals surface area contributed by atoms with Crippen molar-refractivity contribution in [1.82, 2.24) is 5.32 Å². The van der Waals surface area contributed by atoms with E-state index in [9.17, 15) is 9.59 Å². The van der Waals surface area contributed by atoms with E-state index >= 15 is 0 Å². The monoisotopic (exact) mass is 231 g/mol. The van der Waals surface area contributed by atoms with Gasteiger partial charge in [0.15, 0.2) is 0 Å². The lowest BCUT2D eigenvalue weighted by Crippen LogP contribution is -2.42. The predicted octanol–water partition coefficient (Wildman–Crippen LogP) is 1.07. The van der Waals surface area contributed by atoms with Crippen LogP contribution < -0.4 is 5.32 Å². The van der Waals surface area contributed by atoms with Gasteiger partial charge in [0.1, 0.15) is 6.04 Å². The van der Waals surface area contributed by atoms with Gasteiger partial charge in [-0.25, -0.2) is 4.79 Å².